The summed E-state index contributed by atoms with van der Waals surface area (Å²) in [7, 11) is 2.97. The molecular formula is C11H14ClNO3. The lowest BCUT2D eigenvalue weighted by atomic mass is 10.1. The van der Waals surface area contributed by atoms with Crippen LogP contribution in [-0.4, -0.2) is 26.5 Å². The van der Waals surface area contributed by atoms with Crippen LogP contribution in [0.2, 0.25) is 5.02 Å². The molecule has 0 aliphatic carbocycles. The van der Waals surface area contributed by atoms with Crippen molar-refractivity contribution < 1.29 is 14.3 Å². The Morgan fingerprint density at radius 2 is 2.06 bits per heavy atom. The van der Waals surface area contributed by atoms with Gasteiger partial charge in [0.2, 0.25) is 0 Å². The molecule has 0 aromatic heterocycles. The summed E-state index contributed by atoms with van der Waals surface area (Å²) in [5, 5.41) is 0.245. The van der Waals surface area contributed by atoms with Gasteiger partial charge in [-0.3, -0.25) is 4.79 Å². The molecule has 0 heterocycles. The SMILES string of the molecule is COc1cc(C)c(OC)c(Cl)c1C(=O)CN. The first-order chi connectivity index (χ1) is 7.56. The summed E-state index contributed by atoms with van der Waals surface area (Å²) in [5.74, 6) is 0.609. The van der Waals surface area contributed by atoms with Gasteiger partial charge in [0, 0.05) is 0 Å². The maximum Gasteiger partial charge on any atom is 0.181 e. The van der Waals surface area contributed by atoms with Gasteiger partial charge in [0.1, 0.15) is 11.5 Å². The molecule has 0 aliphatic heterocycles. The predicted molar refractivity (Wildman–Crippen MR) is 62.7 cm³/mol. The van der Waals surface area contributed by atoms with Gasteiger partial charge < -0.3 is 15.2 Å². The molecule has 0 atom stereocenters. The highest BCUT2D eigenvalue weighted by molar-refractivity contribution is 6.36. The number of hydrogen-bond donors (Lipinski definition) is 1. The van der Waals surface area contributed by atoms with Gasteiger partial charge in [0.05, 0.1) is 31.4 Å². The lowest BCUT2D eigenvalue weighted by Crippen LogP contribution is -2.15. The van der Waals surface area contributed by atoms with E-state index in [0.29, 0.717) is 11.5 Å². The van der Waals surface area contributed by atoms with Crippen molar-refractivity contribution in [3.63, 3.8) is 0 Å². The van der Waals surface area contributed by atoms with Crippen LogP contribution < -0.4 is 15.2 Å². The number of halogens is 1. The highest BCUT2D eigenvalue weighted by atomic mass is 35.5. The Bertz CT molecular complexity index is 418. The molecule has 1 aromatic carbocycles. The lowest BCUT2D eigenvalue weighted by Gasteiger charge is -2.14. The van der Waals surface area contributed by atoms with Crippen molar-refractivity contribution in [1.29, 1.82) is 0 Å². The molecule has 5 heteroatoms. The number of nitrogens with two attached hydrogens (primary N) is 1. The number of carbonyl (C=O) groups is 1. The van der Waals surface area contributed by atoms with Gasteiger partial charge in [0.25, 0.3) is 0 Å². The van der Waals surface area contributed by atoms with Crippen LogP contribution in [0.1, 0.15) is 15.9 Å². The molecule has 0 bridgehead atoms. The summed E-state index contributed by atoms with van der Waals surface area (Å²) in [4.78, 5) is 11.6. The Hall–Kier alpha value is -1.26. The quantitative estimate of drug-likeness (QED) is 0.820. The third kappa shape index (κ3) is 2.13. The standard InChI is InChI=1S/C11H14ClNO3/c1-6-4-8(15-2)9(7(14)5-13)10(12)11(6)16-3/h4H,5,13H2,1-3H3. The monoisotopic (exact) mass is 243 g/mol. The molecule has 0 spiro atoms. The van der Waals surface area contributed by atoms with Crippen LogP contribution in [0, 0.1) is 6.92 Å². The van der Waals surface area contributed by atoms with E-state index in [1.165, 1.54) is 14.2 Å². The molecule has 16 heavy (non-hydrogen) atoms. The highest BCUT2D eigenvalue weighted by Gasteiger charge is 2.20. The largest absolute Gasteiger partial charge is 0.496 e. The van der Waals surface area contributed by atoms with Crippen molar-refractivity contribution in [1.82, 2.24) is 0 Å². The van der Waals surface area contributed by atoms with E-state index in [4.69, 9.17) is 26.8 Å². The number of carbonyl (C=O) groups excluding carboxylic acids is 1. The molecule has 4 nitrogen and oxygen atoms in total. The fourth-order valence-corrected chi connectivity index (χ4v) is 1.93. The zero-order chi connectivity index (χ0) is 12.3. The Balaban J connectivity index is 3.49. The van der Waals surface area contributed by atoms with E-state index in [1.807, 2.05) is 6.92 Å². The van der Waals surface area contributed by atoms with E-state index >= 15 is 0 Å². The normalized spacial score (nSPS) is 10.1. The van der Waals surface area contributed by atoms with Crippen molar-refractivity contribution in [3.05, 3.63) is 22.2 Å². The highest BCUT2D eigenvalue weighted by Crippen LogP contribution is 2.37. The number of aryl methyl sites for hydroxylation is 1. The minimum atomic E-state index is -0.278. The Morgan fingerprint density at radius 1 is 1.44 bits per heavy atom. The summed E-state index contributed by atoms with van der Waals surface area (Å²) >= 11 is 6.09. The fourth-order valence-electron chi connectivity index (χ4n) is 1.50. The van der Waals surface area contributed by atoms with Crippen LogP contribution in [0.3, 0.4) is 0 Å². The summed E-state index contributed by atoms with van der Waals surface area (Å²) in [6.07, 6.45) is 0. The summed E-state index contributed by atoms with van der Waals surface area (Å²) < 4.78 is 10.2. The fraction of sp³-hybridized carbons (Fsp3) is 0.364. The molecule has 0 aliphatic rings. The van der Waals surface area contributed by atoms with E-state index < -0.39 is 0 Å². The molecule has 2 N–H and O–H groups in total. The molecule has 0 saturated heterocycles. The van der Waals surface area contributed by atoms with Crippen LogP contribution in [-0.2, 0) is 0 Å². The molecular weight excluding hydrogens is 230 g/mol. The van der Waals surface area contributed by atoms with Crippen LogP contribution in [0.5, 0.6) is 11.5 Å². The van der Waals surface area contributed by atoms with Crippen LogP contribution in [0.25, 0.3) is 0 Å². The average molecular weight is 244 g/mol. The van der Waals surface area contributed by atoms with Crippen LogP contribution >= 0.6 is 11.6 Å². The summed E-state index contributed by atoms with van der Waals surface area (Å²) in [6.45, 7) is 1.70. The molecule has 0 unspecified atom stereocenters. The molecule has 1 aromatic rings. The number of ketones is 1. The maximum atomic E-state index is 11.6. The number of benzene rings is 1. The third-order valence-electron chi connectivity index (χ3n) is 2.26. The number of Topliss-reactive ketones (excluding diaryl/α,β-unsaturated/α-hetero) is 1. The van der Waals surface area contributed by atoms with E-state index in [2.05, 4.69) is 0 Å². The van der Waals surface area contributed by atoms with E-state index in [0.717, 1.165) is 5.56 Å². The number of rotatable bonds is 4. The first kappa shape index (κ1) is 12.8. The number of hydrogen-bond acceptors (Lipinski definition) is 4. The average Bonchev–Trinajstić information content (AvgIpc) is 2.27. The minimum absolute atomic E-state index is 0.123. The Labute approximate surface area is 99.3 Å². The zero-order valence-electron chi connectivity index (χ0n) is 9.46. The predicted octanol–water partition coefficient (Wildman–Crippen LogP) is 1.81. The Kier molecular flexibility index (Phi) is 4.15. The lowest BCUT2D eigenvalue weighted by molar-refractivity contribution is 0.0998. The van der Waals surface area contributed by atoms with Gasteiger partial charge in [-0.05, 0) is 18.6 Å². The van der Waals surface area contributed by atoms with Crippen LogP contribution in [0.15, 0.2) is 6.07 Å². The second kappa shape index (κ2) is 5.18. The van der Waals surface area contributed by atoms with Gasteiger partial charge in [-0.1, -0.05) is 11.6 Å². The first-order valence-corrected chi connectivity index (χ1v) is 5.08. The van der Waals surface area contributed by atoms with Crippen molar-refractivity contribution in [3.8, 4) is 11.5 Å². The molecule has 0 amide bonds. The molecule has 0 saturated carbocycles. The summed E-state index contributed by atoms with van der Waals surface area (Å²) in [5.41, 5.74) is 6.40. The summed E-state index contributed by atoms with van der Waals surface area (Å²) in [6, 6.07) is 1.70. The first-order valence-electron chi connectivity index (χ1n) is 4.71. The third-order valence-corrected chi connectivity index (χ3v) is 2.62. The van der Waals surface area contributed by atoms with Crippen molar-refractivity contribution >= 4 is 17.4 Å². The zero-order valence-corrected chi connectivity index (χ0v) is 10.2. The molecule has 0 radical (unpaired) electrons. The van der Waals surface area contributed by atoms with Gasteiger partial charge in [-0.2, -0.15) is 0 Å². The van der Waals surface area contributed by atoms with E-state index in [9.17, 15) is 4.79 Å². The van der Waals surface area contributed by atoms with Gasteiger partial charge in [-0.25, -0.2) is 0 Å². The molecule has 0 fully saturated rings. The second-order valence-electron chi connectivity index (χ2n) is 3.25. The number of methoxy groups -OCH3 is 2. The molecule has 1 rings (SSSR count). The van der Waals surface area contributed by atoms with Crippen molar-refractivity contribution in [2.45, 2.75) is 6.92 Å². The molecule has 88 valence electrons. The van der Waals surface area contributed by atoms with Crippen molar-refractivity contribution in [2.75, 3.05) is 20.8 Å². The van der Waals surface area contributed by atoms with E-state index in [1.54, 1.807) is 6.07 Å². The number of ether oxygens (including phenoxy) is 2. The van der Waals surface area contributed by atoms with Crippen molar-refractivity contribution in [2.24, 2.45) is 5.73 Å². The van der Waals surface area contributed by atoms with E-state index in [-0.39, 0.29) is 22.9 Å². The van der Waals surface area contributed by atoms with Gasteiger partial charge in [-0.15, -0.1) is 0 Å². The Morgan fingerprint density at radius 3 is 2.50 bits per heavy atom. The minimum Gasteiger partial charge on any atom is -0.496 e. The van der Waals surface area contributed by atoms with Gasteiger partial charge >= 0.3 is 0 Å². The van der Waals surface area contributed by atoms with Gasteiger partial charge in [0.15, 0.2) is 5.78 Å². The maximum absolute atomic E-state index is 11.6. The van der Waals surface area contributed by atoms with Crippen LogP contribution in [0.4, 0.5) is 0 Å². The smallest absolute Gasteiger partial charge is 0.181 e. The second-order valence-corrected chi connectivity index (χ2v) is 3.62. The topological polar surface area (TPSA) is 61.5 Å².